The minimum Gasteiger partial charge on any atom is -0.313 e. The van der Waals surface area contributed by atoms with Crippen molar-refractivity contribution in [3.8, 4) is 0 Å². The molecule has 0 aliphatic carbocycles. The third-order valence-corrected chi connectivity index (χ3v) is 2.88. The van der Waals surface area contributed by atoms with Crippen molar-refractivity contribution < 1.29 is 4.39 Å². The van der Waals surface area contributed by atoms with Crippen molar-refractivity contribution in [2.75, 3.05) is 13.1 Å². The molecule has 0 saturated heterocycles. The van der Waals surface area contributed by atoms with Gasteiger partial charge in [0.05, 0.1) is 0 Å². The molecule has 0 amide bonds. The zero-order valence-corrected chi connectivity index (χ0v) is 10.5. The van der Waals surface area contributed by atoms with E-state index in [9.17, 15) is 4.39 Å². The molecule has 0 saturated carbocycles. The van der Waals surface area contributed by atoms with Gasteiger partial charge in [-0.1, -0.05) is 39.5 Å². The summed E-state index contributed by atoms with van der Waals surface area (Å²) < 4.78 is 13.8. The van der Waals surface area contributed by atoms with Crippen molar-refractivity contribution in [1.82, 2.24) is 9.91 Å². The summed E-state index contributed by atoms with van der Waals surface area (Å²) in [6.45, 7) is 5.80. The number of halogens is 1. The van der Waals surface area contributed by atoms with Gasteiger partial charge >= 0.3 is 0 Å². The van der Waals surface area contributed by atoms with Crippen LogP contribution in [0.15, 0.2) is 5.10 Å². The van der Waals surface area contributed by atoms with Crippen molar-refractivity contribution in [1.29, 1.82) is 0 Å². The summed E-state index contributed by atoms with van der Waals surface area (Å²) in [6, 6.07) is 0. The summed E-state index contributed by atoms with van der Waals surface area (Å²) in [7, 11) is 0. The van der Waals surface area contributed by atoms with Crippen LogP contribution in [-0.4, -0.2) is 35.8 Å². The average Bonchev–Trinajstić information content (AvgIpc) is 2.64. The van der Waals surface area contributed by atoms with Crippen LogP contribution in [-0.2, 0) is 0 Å². The van der Waals surface area contributed by atoms with Gasteiger partial charge in [-0.2, -0.15) is 9.49 Å². The van der Waals surface area contributed by atoms with Crippen molar-refractivity contribution in [2.24, 2.45) is 5.10 Å². The fourth-order valence-electron chi connectivity index (χ4n) is 1.78. The van der Waals surface area contributed by atoms with Crippen molar-refractivity contribution in [2.45, 2.75) is 58.8 Å². The van der Waals surface area contributed by atoms with Crippen LogP contribution in [0.3, 0.4) is 0 Å². The Morgan fingerprint density at radius 3 is 2.50 bits per heavy atom. The number of hydrogen-bond donors (Lipinski definition) is 0. The number of hydrogen-bond acceptors (Lipinski definition) is 3. The molecule has 0 aromatic carbocycles. The van der Waals surface area contributed by atoms with Gasteiger partial charge in [0.2, 0.25) is 0 Å². The van der Waals surface area contributed by atoms with Gasteiger partial charge in [-0.25, -0.2) is 5.01 Å². The summed E-state index contributed by atoms with van der Waals surface area (Å²) in [5, 5.41) is 5.67. The SMILES string of the molecule is CCCCCCN1N=CN(CCCC)C1F. The zero-order valence-electron chi connectivity index (χ0n) is 10.5. The van der Waals surface area contributed by atoms with E-state index in [1.54, 1.807) is 16.2 Å². The number of rotatable bonds is 8. The van der Waals surface area contributed by atoms with Crippen molar-refractivity contribution in [3.05, 3.63) is 0 Å². The van der Waals surface area contributed by atoms with E-state index in [4.69, 9.17) is 0 Å². The largest absolute Gasteiger partial charge is 0.313 e. The first-order valence-corrected chi connectivity index (χ1v) is 6.50. The second kappa shape index (κ2) is 7.47. The molecule has 1 aliphatic heterocycles. The summed E-state index contributed by atoms with van der Waals surface area (Å²) in [5.74, 6) is 0. The van der Waals surface area contributed by atoms with E-state index >= 15 is 0 Å². The lowest BCUT2D eigenvalue weighted by molar-refractivity contribution is 0.0139. The van der Waals surface area contributed by atoms with E-state index in [1.165, 1.54) is 19.3 Å². The second-order valence-corrected chi connectivity index (χ2v) is 4.36. The van der Waals surface area contributed by atoms with Crippen LogP contribution >= 0.6 is 0 Å². The van der Waals surface area contributed by atoms with Gasteiger partial charge in [0, 0.05) is 13.1 Å². The number of nitrogens with zero attached hydrogens (tertiary/aromatic N) is 3. The third-order valence-electron chi connectivity index (χ3n) is 2.88. The maximum atomic E-state index is 13.8. The summed E-state index contributed by atoms with van der Waals surface area (Å²) in [4.78, 5) is 1.68. The fraction of sp³-hybridized carbons (Fsp3) is 0.917. The number of alkyl halides is 1. The van der Waals surface area contributed by atoms with E-state index in [0.717, 1.165) is 32.4 Å². The molecule has 4 heteroatoms. The Labute approximate surface area is 98.3 Å². The molecular formula is C12H24FN3. The molecule has 0 spiro atoms. The van der Waals surface area contributed by atoms with Gasteiger partial charge < -0.3 is 4.90 Å². The Kier molecular flexibility index (Phi) is 6.19. The summed E-state index contributed by atoms with van der Waals surface area (Å²) in [6.07, 6.45) is 7.37. The highest BCUT2D eigenvalue weighted by Crippen LogP contribution is 2.15. The Morgan fingerprint density at radius 1 is 1.06 bits per heavy atom. The van der Waals surface area contributed by atoms with Crippen LogP contribution < -0.4 is 0 Å². The van der Waals surface area contributed by atoms with Crippen molar-refractivity contribution in [3.63, 3.8) is 0 Å². The number of hydrazone groups is 1. The molecule has 3 nitrogen and oxygen atoms in total. The van der Waals surface area contributed by atoms with Gasteiger partial charge in [-0.15, -0.1) is 0 Å². The van der Waals surface area contributed by atoms with E-state index in [2.05, 4.69) is 18.9 Å². The summed E-state index contributed by atoms with van der Waals surface area (Å²) >= 11 is 0. The van der Waals surface area contributed by atoms with Gasteiger partial charge in [0.25, 0.3) is 6.42 Å². The topological polar surface area (TPSA) is 18.8 Å². The Balaban J connectivity index is 2.18. The highest BCUT2D eigenvalue weighted by atomic mass is 19.1. The molecule has 0 N–H and O–H groups in total. The molecule has 0 aromatic heterocycles. The molecule has 1 heterocycles. The summed E-state index contributed by atoms with van der Waals surface area (Å²) in [5.41, 5.74) is 0. The zero-order chi connectivity index (χ0) is 11.8. The maximum Gasteiger partial charge on any atom is 0.265 e. The standard InChI is InChI=1S/C12H24FN3/c1-3-5-7-8-10-16-12(13)15(11-14-16)9-6-4-2/h11-12H,3-10H2,1-2H3. The lowest BCUT2D eigenvalue weighted by Crippen LogP contribution is -2.36. The molecule has 0 radical (unpaired) electrons. The lowest BCUT2D eigenvalue weighted by Gasteiger charge is -2.23. The number of unbranched alkanes of at least 4 members (excludes halogenated alkanes) is 4. The Hall–Kier alpha value is -0.800. The first-order valence-electron chi connectivity index (χ1n) is 6.50. The van der Waals surface area contributed by atoms with Crippen LogP contribution in [0.5, 0.6) is 0 Å². The highest BCUT2D eigenvalue weighted by molar-refractivity contribution is 5.56. The van der Waals surface area contributed by atoms with Crippen LogP contribution in [0.4, 0.5) is 4.39 Å². The van der Waals surface area contributed by atoms with Gasteiger partial charge in [-0.3, -0.25) is 0 Å². The van der Waals surface area contributed by atoms with E-state index < -0.39 is 6.42 Å². The van der Waals surface area contributed by atoms with Crippen LogP contribution in [0.1, 0.15) is 52.4 Å². The van der Waals surface area contributed by atoms with E-state index in [0.29, 0.717) is 0 Å². The normalized spacial score (nSPS) is 19.8. The molecule has 1 atom stereocenters. The fourth-order valence-corrected chi connectivity index (χ4v) is 1.78. The minimum atomic E-state index is -1.03. The van der Waals surface area contributed by atoms with Gasteiger partial charge in [0.1, 0.15) is 6.34 Å². The molecule has 16 heavy (non-hydrogen) atoms. The highest BCUT2D eigenvalue weighted by Gasteiger charge is 2.25. The van der Waals surface area contributed by atoms with Crippen molar-refractivity contribution >= 4 is 6.34 Å². The molecule has 0 aromatic rings. The van der Waals surface area contributed by atoms with Crippen LogP contribution in [0, 0.1) is 0 Å². The quantitative estimate of drug-likeness (QED) is 0.470. The molecule has 1 unspecified atom stereocenters. The third kappa shape index (κ3) is 3.99. The predicted molar refractivity (Wildman–Crippen MR) is 65.9 cm³/mol. The molecule has 0 fully saturated rings. The Morgan fingerprint density at radius 2 is 1.81 bits per heavy atom. The smallest absolute Gasteiger partial charge is 0.265 e. The molecule has 1 aliphatic rings. The Bertz CT molecular complexity index is 208. The first kappa shape index (κ1) is 13.3. The molecule has 1 rings (SSSR count). The van der Waals surface area contributed by atoms with Gasteiger partial charge in [0.15, 0.2) is 0 Å². The average molecular weight is 229 g/mol. The second-order valence-electron chi connectivity index (χ2n) is 4.36. The molecular weight excluding hydrogens is 205 g/mol. The maximum absolute atomic E-state index is 13.8. The minimum absolute atomic E-state index is 0.736. The van der Waals surface area contributed by atoms with Crippen LogP contribution in [0.2, 0.25) is 0 Å². The molecule has 0 bridgehead atoms. The van der Waals surface area contributed by atoms with Gasteiger partial charge in [-0.05, 0) is 12.8 Å². The van der Waals surface area contributed by atoms with Crippen LogP contribution in [0.25, 0.3) is 0 Å². The lowest BCUT2D eigenvalue weighted by atomic mass is 10.2. The predicted octanol–water partition coefficient (Wildman–Crippen LogP) is 3.18. The molecule has 94 valence electrons. The first-order chi connectivity index (χ1) is 7.79. The van der Waals surface area contributed by atoms with E-state index in [1.807, 2.05) is 0 Å². The monoisotopic (exact) mass is 229 g/mol. The van der Waals surface area contributed by atoms with E-state index in [-0.39, 0.29) is 0 Å².